The highest BCUT2D eigenvalue weighted by Gasteiger charge is 2.19. The fourth-order valence-corrected chi connectivity index (χ4v) is 3.76. The third kappa shape index (κ3) is 5.25. The Balaban J connectivity index is 1.67. The van der Waals surface area contributed by atoms with E-state index in [0.717, 1.165) is 10.4 Å². The zero-order valence-corrected chi connectivity index (χ0v) is 16.3. The van der Waals surface area contributed by atoms with Gasteiger partial charge in [0, 0.05) is 17.0 Å². The van der Waals surface area contributed by atoms with Crippen molar-refractivity contribution >= 4 is 17.2 Å². The second kappa shape index (κ2) is 8.93. The van der Waals surface area contributed by atoms with Gasteiger partial charge in [-0.25, -0.2) is 4.39 Å². The minimum Gasteiger partial charge on any atom is -0.343 e. The van der Waals surface area contributed by atoms with Crippen LogP contribution in [-0.4, -0.2) is 24.4 Å². The van der Waals surface area contributed by atoms with E-state index in [2.05, 4.69) is 5.32 Å². The lowest BCUT2D eigenvalue weighted by molar-refractivity contribution is -0.122. The first-order valence-corrected chi connectivity index (χ1v) is 9.72. The van der Waals surface area contributed by atoms with Crippen LogP contribution in [-0.2, 0) is 11.3 Å². The lowest BCUT2D eigenvalue weighted by Gasteiger charge is -2.21. The minimum absolute atomic E-state index is 0.0900. The van der Waals surface area contributed by atoms with E-state index < -0.39 is 0 Å². The van der Waals surface area contributed by atoms with Gasteiger partial charge in [0.05, 0.1) is 12.6 Å². The molecule has 1 atom stereocenters. The standard InChI is InChI=1S/C22H23FN2OS/c1-16-9-11-17(12-10-16)22(20-8-5-13-27-20)24-21(26)15-25(2)14-18-6-3-4-7-19(18)23/h3-13,22H,14-15H2,1-2H3,(H,24,26). The SMILES string of the molecule is Cc1ccc(C(NC(=O)CN(C)Cc2ccccc2F)c2cccs2)cc1. The average molecular weight is 383 g/mol. The second-order valence-corrected chi connectivity index (χ2v) is 7.67. The number of amides is 1. The largest absolute Gasteiger partial charge is 0.343 e. The number of benzene rings is 2. The number of hydrogen-bond donors (Lipinski definition) is 1. The molecular formula is C22H23FN2OS. The number of carbonyl (C=O) groups is 1. The maximum absolute atomic E-state index is 13.8. The van der Waals surface area contributed by atoms with E-state index in [1.54, 1.807) is 29.5 Å². The molecule has 0 saturated carbocycles. The molecule has 1 unspecified atom stereocenters. The van der Waals surface area contributed by atoms with Gasteiger partial charge in [0.15, 0.2) is 0 Å². The summed E-state index contributed by atoms with van der Waals surface area (Å²) in [6.07, 6.45) is 0. The summed E-state index contributed by atoms with van der Waals surface area (Å²) in [7, 11) is 1.82. The highest BCUT2D eigenvalue weighted by molar-refractivity contribution is 7.10. The topological polar surface area (TPSA) is 32.3 Å². The number of nitrogens with one attached hydrogen (secondary N) is 1. The minimum atomic E-state index is -0.249. The zero-order valence-electron chi connectivity index (χ0n) is 15.5. The molecule has 0 aliphatic rings. The van der Waals surface area contributed by atoms with Gasteiger partial charge in [-0.3, -0.25) is 9.69 Å². The molecular weight excluding hydrogens is 359 g/mol. The van der Waals surface area contributed by atoms with Gasteiger partial charge < -0.3 is 5.32 Å². The summed E-state index contributed by atoms with van der Waals surface area (Å²) in [4.78, 5) is 15.5. The Labute approximate surface area is 163 Å². The molecule has 27 heavy (non-hydrogen) atoms. The lowest BCUT2D eigenvalue weighted by Crippen LogP contribution is -2.37. The van der Waals surface area contributed by atoms with Gasteiger partial charge in [-0.15, -0.1) is 11.3 Å². The number of carbonyl (C=O) groups excluding carboxylic acids is 1. The molecule has 2 aromatic carbocycles. The van der Waals surface area contributed by atoms with Crippen molar-refractivity contribution in [3.8, 4) is 0 Å². The molecule has 3 rings (SSSR count). The molecule has 1 heterocycles. The number of halogens is 1. The number of hydrogen-bond acceptors (Lipinski definition) is 3. The number of aryl methyl sites for hydroxylation is 1. The van der Waals surface area contributed by atoms with Crippen molar-refractivity contribution in [3.63, 3.8) is 0 Å². The van der Waals surface area contributed by atoms with Gasteiger partial charge in [-0.05, 0) is 37.0 Å². The van der Waals surface area contributed by atoms with Crippen molar-refractivity contribution in [3.05, 3.63) is 93.4 Å². The van der Waals surface area contributed by atoms with Crippen LogP contribution in [0.5, 0.6) is 0 Å². The Bertz CT molecular complexity index is 878. The summed E-state index contributed by atoms with van der Waals surface area (Å²) in [5.74, 6) is -0.339. The molecule has 5 heteroatoms. The maximum Gasteiger partial charge on any atom is 0.234 e. The van der Waals surface area contributed by atoms with Crippen LogP contribution >= 0.6 is 11.3 Å². The lowest BCUT2D eigenvalue weighted by atomic mass is 10.0. The molecule has 3 nitrogen and oxygen atoms in total. The third-order valence-corrected chi connectivity index (χ3v) is 5.29. The molecule has 1 aromatic heterocycles. The molecule has 0 fully saturated rings. The van der Waals surface area contributed by atoms with E-state index >= 15 is 0 Å². The van der Waals surface area contributed by atoms with Crippen molar-refractivity contribution in [1.82, 2.24) is 10.2 Å². The van der Waals surface area contributed by atoms with Gasteiger partial charge in [0.25, 0.3) is 0 Å². The molecule has 1 amide bonds. The predicted octanol–water partition coefficient (Wildman–Crippen LogP) is 4.53. The van der Waals surface area contributed by atoms with E-state index in [4.69, 9.17) is 0 Å². The van der Waals surface area contributed by atoms with Crippen molar-refractivity contribution in [1.29, 1.82) is 0 Å². The molecule has 1 N–H and O–H groups in total. The third-order valence-electron chi connectivity index (χ3n) is 4.36. The molecule has 3 aromatic rings. The summed E-state index contributed by atoms with van der Waals surface area (Å²) in [6.45, 7) is 2.62. The summed E-state index contributed by atoms with van der Waals surface area (Å²) in [6, 6.07) is 18.7. The quantitative estimate of drug-likeness (QED) is 0.651. The van der Waals surface area contributed by atoms with E-state index in [1.807, 2.05) is 60.6 Å². The number of rotatable bonds is 7. The number of likely N-dealkylation sites (N-methyl/N-ethyl adjacent to an activating group) is 1. The first kappa shape index (κ1) is 19.3. The van der Waals surface area contributed by atoms with Crippen molar-refractivity contribution < 1.29 is 9.18 Å². The molecule has 0 aliphatic carbocycles. The normalized spacial score (nSPS) is 12.1. The van der Waals surface area contributed by atoms with Crippen LogP contribution in [0.2, 0.25) is 0 Å². The monoisotopic (exact) mass is 382 g/mol. The van der Waals surface area contributed by atoms with E-state index in [0.29, 0.717) is 12.1 Å². The zero-order chi connectivity index (χ0) is 19.2. The Hall–Kier alpha value is -2.50. The van der Waals surface area contributed by atoms with Gasteiger partial charge >= 0.3 is 0 Å². The summed E-state index contributed by atoms with van der Waals surface area (Å²) in [5.41, 5.74) is 2.81. The smallest absolute Gasteiger partial charge is 0.234 e. The van der Waals surface area contributed by atoms with Crippen LogP contribution in [0.25, 0.3) is 0 Å². The fraction of sp³-hybridized carbons (Fsp3) is 0.227. The first-order valence-electron chi connectivity index (χ1n) is 8.84. The maximum atomic E-state index is 13.8. The Morgan fingerprint density at radius 1 is 1.11 bits per heavy atom. The first-order chi connectivity index (χ1) is 13.0. The summed E-state index contributed by atoms with van der Waals surface area (Å²) in [5, 5.41) is 5.13. The van der Waals surface area contributed by atoms with Gasteiger partial charge in [-0.1, -0.05) is 54.1 Å². The predicted molar refractivity (Wildman–Crippen MR) is 108 cm³/mol. The van der Waals surface area contributed by atoms with Gasteiger partial charge in [-0.2, -0.15) is 0 Å². The van der Waals surface area contributed by atoms with Crippen LogP contribution in [0.4, 0.5) is 4.39 Å². The van der Waals surface area contributed by atoms with Crippen LogP contribution < -0.4 is 5.32 Å². The molecule has 140 valence electrons. The van der Waals surface area contributed by atoms with E-state index in [1.165, 1.54) is 11.6 Å². The van der Waals surface area contributed by atoms with Crippen molar-refractivity contribution in [2.24, 2.45) is 0 Å². The highest BCUT2D eigenvalue weighted by Crippen LogP contribution is 2.26. The molecule has 0 radical (unpaired) electrons. The second-order valence-electron chi connectivity index (χ2n) is 6.69. The summed E-state index contributed by atoms with van der Waals surface area (Å²) >= 11 is 1.62. The molecule has 0 saturated heterocycles. The Morgan fingerprint density at radius 2 is 1.85 bits per heavy atom. The van der Waals surface area contributed by atoms with Crippen LogP contribution in [0, 0.1) is 12.7 Å². The van der Waals surface area contributed by atoms with Crippen molar-refractivity contribution in [2.75, 3.05) is 13.6 Å². The molecule has 0 spiro atoms. The van der Waals surface area contributed by atoms with Crippen LogP contribution in [0.3, 0.4) is 0 Å². The van der Waals surface area contributed by atoms with Crippen molar-refractivity contribution in [2.45, 2.75) is 19.5 Å². The van der Waals surface area contributed by atoms with E-state index in [9.17, 15) is 9.18 Å². The van der Waals surface area contributed by atoms with Crippen LogP contribution in [0.1, 0.15) is 27.6 Å². The Morgan fingerprint density at radius 3 is 2.52 bits per heavy atom. The Kier molecular flexibility index (Phi) is 6.37. The average Bonchev–Trinajstić information content (AvgIpc) is 3.17. The number of thiophene rings is 1. The molecule has 0 aliphatic heterocycles. The fourth-order valence-electron chi connectivity index (χ4n) is 2.96. The highest BCUT2D eigenvalue weighted by atomic mass is 32.1. The van der Waals surface area contributed by atoms with Gasteiger partial charge in [0.2, 0.25) is 5.91 Å². The van der Waals surface area contributed by atoms with Gasteiger partial charge in [0.1, 0.15) is 5.82 Å². The van der Waals surface area contributed by atoms with Crippen LogP contribution in [0.15, 0.2) is 66.0 Å². The van der Waals surface area contributed by atoms with E-state index in [-0.39, 0.29) is 24.3 Å². The summed E-state index contributed by atoms with van der Waals surface area (Å²) < 4.78 is 13.8. The molecule has 0 bridgehead atoms. The number of nitrogens with zero attached hydrogens (tertiary/aromatic N) is 1.